The van der Waals surface area contributed by atoms with Gasteiger partial charge in [-0.15, -0.1) is 0 Å². The predicted molar refractivity (Wildman–Crippen MR) is 41.8 cm³/mol. The van der Waals surface area contributed by atoms with Crippen molar-refractivity contribution < 1.29 is 0 Å². The molecule has 0 aromatic rings. The van der Waals surface area contributed by atoms with Crippen molar-refractivity contribution in [2.24, 2.45) is 0 Å². The monoisotopic (exact) mass is 242 g/mol. The van der Waals surface area contributed by atoms with E-state index in [1.54, 1.807) is 24.3 Å². The Hall–Kier alpha value is 0.531. The molecule has 42 valence electrons. The summed E-state index contributed by atoms with van der Waals surface area (Å²) in [6.45, 7) is 10.0. The predicted octanol–water partition coefficient (Wildman–Crippen LogP) is 1.70. The van der Waals surface area contributed by atoms with Crippen LogP contribution >= 0.6 is 0 Å². The van der Waals surface area contributed by atoms with Crippen molar-refractivity contribution in [1.29, 1.82) is 0 Å². The first-order valence-electron chi connectivity index (χ1n) is 2.33. The average molecular weight is 241 g/mol. The molecule has 0 fully saturated rings. The Balaban J connectivity index is 0. The Morgan fingerprint density at radius 2 is 1.00 bits per heavy atom. The minimum absolute atomic E-state index is 0. The van der Waals surface area contributed by atoms with Gasteiger partial charge in [-0.2, -0.15) is 12.2 Å². The van der Waals surface area contributed by atoms with Crippen molar-refractivity contribution in [3.8, 4) is 0 Å². The summed E-state index contributed by atoms with van der Waals surface area (Å²) in [6.07, 6.45) is 9.95. The van der Waals surface area contributed by atoms with Crippen LogP contribution in [0.3, 0.4) is 0 Å². The molecule has 0 atom stereocenters. The molecular weight excluding hydrogens is 233 g/mol. The second kappa shape index (κ2) is 11.3. The van der Waals surface area contributed by atoms with E-state index in [2.05, 4.69) is 0 Å². The van der Waals surface area contributed by atoms with E-state index in [0.29, 0.717) is 0 Å². The second-order valence-electron chi connectivity index (χ2n) is 1.15. The summed E-state index contributed by atoms with van der Waals surface area (Å²) in [6, 6.07) is 0. The van der Waals surface area contributed by atoms with Crippen LogP contribution in [0, 0.1) is 13.2 Å². The summed E-state index contributed by atoms with van der Waals surface area (Å²) < 4.78 is 0. The second-order valence-corrected chi connectivity index (χ2v) is 1.15. The van der Waals surface area contributed by atoms with Crippen LogP contribution in [0.4, 0.5) is 0 Å². The molecule has 0 spiro atoms. The molecule has 0 nitrogen and oxygen atoms in total. The molecule has 0 aliphatic carbocycles. The number of hydrogen-bond donors (Lipinski definition) is 0. The van der Waals surface area contributed by atoms with E-state index >= 15 is 0 Å². The molecule has 0 aromatic carbocycles. The Kier molecular flexibility index (Phi) is 15.4. The fourth-order valence-electron chi connectivity index (χ4n) is 0.257. The van der Waals surface area contributed by atoms with Crippen LogP contribution in [-0.2, 0) is 0 Å². The number of allylic oxidation sites excluding steroid dienone is 6. The van der Waals surface area contributed by atoms with Gasteiger partial charge in [0.15, 0.2) is 0 Å². The number of hydrogen-bond acceptors (Lipinski definition) is 0. The Labute approximate surface area is 97.1 Å². The summed E-state index contributed by atoms with van der Waals surface area (Å²) in [5.74, 6) is 0. The van der Waals surface area contributed by atoms with Gasteiger partial charge in [-0.3, -0.25) is 13.2 Å². The molecule has 0 radical (unpaired) electrons. The SMILES string of the molecule is [Ba+2].[CH-]=C/C=C\C=C/C=[CH-]. The molecule has 0 amide bonds. The van der Waals surface area contributed by atoms with Crippen LogP contribution in [0.1, 0.15) is 0 Å². The molecule has 0 bridgehead atoms. The standard InChI is InChI=1S/C8H8.Ba/c1-3-5-7-8-6-4-2;/h1-8H;/q-2;+2/b7-5-,8-6-;. The van der Waals surface area contributed by atoms with Gasteiger partial charge >= 0.3 is 48.9 Å². The van der Waals surface area contributed by atoms with E-state index in [1.165, 1.54) is 12.2 Å². The molecule has 0 aromatic heterocycles. The van der Waals surface area contributed by atoms with Gasteiger partial charge in [0.2, 0.25) is 0 Å². The van der Waals surface area contributed by atoms with Crippen molar-refractivity contribution in [3.05, 3.63) is 49.6 Å². The third-order valence-electron chi connectivity index (χ3n) is 0.556. The molecule has 0 aliphatic heterocycles. The molecule has 9 heavy (non-hydrogen) atoms. The minimum Gasteiger partial charge on any atom is -0.293 e. The molecule has 1 heteroatoms. The third kappa shape index (κ3) is 11.9. The summed E-state index contributed by atoms with van der Waals surface area (Å²) in [7, 11) is 0. The van der Waals surface area contributed by atoms with Crippen molar-refractivity contribution >= 4 is 48.9 Å². The van der Waals surface area contributed by atoms with Gasteiger partial charge in [0, 0.05) is 0 Å². The first-order chi connectivity index (χ1) is 3.91. The Morgan fingerprint density at radius 1 is 0.667 bits per heavy atom. The number of rotatable bonds is 3. The zero-order chi connectivity index (χ0) is 6.24. The van der Waals surface area contributed by atoms with Crippen LogP contribution in [0.5, 0.6) is 0 Å². The average Bonchev–Trinajstić information content (AvgIpc) is 1.81. The third-order valence-corrected chi connectivity index (χ3v) is 0.556. The summed E-state index contributed by atoms with van der Waals surface area (Å²) in [5, 5.41) is 0. The molecule has 0 N–H and O–H groups in total. The van der Waals surface area contributed by atoms with Gasteiger partial charge < -0.3 is 0 Å². The van der Waals surface area contributed by atoms with E-state index in [1.807, 2.05) is 0 Å². The summed E-state index contributed by atoms with van der Waals surface area (Å²) in [5.41, 5.74) is 0. The van der Waals surface area contributed by atoms with Crippen molar-refractivity contribution in [2.75, 3.05) is 0 Å². The van der Waals surface area contributed by atoms with Gasteiger partial charge in [-0.25, -0.2) is 24.3 Å². The fourth-order valence-corrected chi connectivity index (χ4v) is 0.257. The Morgan fingerprint density at radius 3 is 1.22 bits per heavy atom. The minimum atomic E-state index is 0. The van der Waals surface area contributed by atoms with E-state index in [0.717, 1.165) is 0 Å². The maximum absolute atomic E-state index is 5.02. The quantitative estimate of drug-likeness (QED) is 0.401. The molecule has 0 rings (SSSR count). The maximum Gasteiger partial charge on any atom is 2.00 e. The smallest absolute Gasteiger partial charge is 0.293 e. The molecule has 0 unspecified atom stereocenters. The van der Waals surface area contributed by atoms with Crippen molar-refractivity contribution in [2.45, 2.75) is 0 Å². The zero-order valence-corrected chi connectivity index (χ0v) is 9.77. The first-order valence-corrected chi connectivity index (χ1v) is 2.33. The normalized spacial score (nSPS) is 9.33. The molecular formula is C8H8Ba. The topological polar surface area (TPSA) is 0 Å². The molecule has 0 heterocycles. The molecule has 0 aliphatic rings. The van der Waals surface area contributed by atoms with Crippen LogP contribution in [-0.4, -0.2) is 48.9 Å². The summed E-state index contributed by atoms with van der Waals surface area (Å²) in [4.78, 5) is 0. The van der Waals surface area contributed by atoms with Crippen molar-refractivity contribution in [3.63, 3.8) is 0 Å². The van der Waals surface area contributed by atoms with Gasteiger partial charge in [0.05, 0.1) is 0 Å². The summed E-state index contributed by atoms with van der Waals surface area (Å²) >= 11 is 0. The van der Waals surface area contributed by atoms with Crippen LogP contribution in [0.2, 0.25) is 0 Å². The fraction of sp³-hybridized carbons (Fsp3) is 0. The molecule has 0 saturated carbocycles. The van der Waals surface area contributed by atoms with Crippen LogP contribution < -0.4 is 0 Å². The van der Waals surface area contributed by atoms with Gasteiger partial charge in [-0.1, -0.05) is 0 Å². The van der Waals surface area contributed by atoms with Crippen molar-refractivity contribution in [1.82, 2.24) is 0 Å². The van der Waals surface area contributed by atoms with E-state index in [4.69, 9.17) is 13.2 Å². The molecule has 0 saturated heterocycles. The van der Waals surface area contributed by atoms with Gasteiger partial charge in [-0.05, 0) is 0 Å². The van der Waals surface area contributed by atoms with E-state index < -0.39 is 0 Å². The zero-order valence-electron chi connectivity index (χ0n) is 5.33. The largest absolute Gasteiger partial charge is 2.00 e. The first kappa shape index (κ1) is 12.2. The van der Waals surface area contributed by atoms with Gasteiger partial charge in [0.1, 0.15) is 0 Å². The van der Waals surface area contributed by atoms with Gasteiger partial charge in [0.25, 0.3) is 0 Å². The maximum atomic E-state index is 5.02. The van der Waals surface area contributed by atoms with E-state index in [-0.39, 0.29) is 48.9 Å². The Bertz CT molecular complexity index is 105. The van der Waals surface area contributed by atoms with Crippen LogP contribution in [0.25, 0.3) is 0 Å². The van der Waals surface area contributed by atoms with E-state index in [9.17, 15) is 0 Å². The van der Waals surface area contributed by atoms with Crippen LogP contribution in [0.15, 0.2) is 36.5 Å².